The topological polar surface area (TPSA) is 50.7 Å². The summed E-state index contributed by atoms with van der Waals surface area (Å²) in [6.45, 7) is 4.67. The summed E-state index contributed by atoms with van der Waals surface area (Å²) in [5.41, 5.74) is 2.16. The molecule has 4 heteroatoms. The van der Waals surface area contributed by atoms with E-state index in [4.69, 9.17) is 0 Å². The molecule has 0 bridgehead atoms. The first-order chi connectivity index (χ1) is 9.12. The van der Waals surface area contributed by atoms with Crippen molar-refractivity contribution in [3.8, 4) is 0 Å². The molecule has 1 aliphatic rings. The van der Waals surface area contributed by atoms with Gasteiger partial charge in [-0.1, -0.05) is 32.4 Å². The summed E-state index contributed by atoms with van der Waals surface area (Å²) in [4.78, 5) is 4.53. The van der Waals surface area contributed by atoms with Gasteiger partial charge in [-0.05, 0) is 36.8 Å². The smallest absolute Gasteiger partial charge is 0.243 e. The predicted molar refractivity (Wildman–Crippen MR) is 77.0 cm³/mol. The van der Waals surface area contributed by atoms with Gasteiger partial charge in [-0.3, -0.25) is 0 Å². The molecule has 1 saturated carbocycles. The summed E-state index contributed by atoms with van der Waals surface area (Å²) < 4.78 is 0. The predicted octanol–water partition coefficient (Wildman–Crippen LogP) is 3.41. The summed E-state index contributed by atoms with van der Waals surface area (Å²) >= 11 is 0. The fraction of sp³-hybridized carbons (Fsp3) is 0.533. The maximum atomic E-state index is 4.53. The molecule has 19 heavy (non-hydrogen) atoms. The number of nitrogens with one attached hydrogen (secondary N) is 1. The first-order valence-electron chi connectivity index (χ1n) is 6.98. The highest BCUT2D eigenvalue weighted by Gasteiger charge is 2.28. The fourth-order valence-electron chi connectivity index (χ4n) is 2.95. The van der Waals surface area contributed by atoms with Crippen LogP contribution in [0.25, 0.3) is 11.0 Å². The van der Waals surface area contributed by atoms with Crippen LogP contribution in [0.3, 0.4) is 0 Å². The Morgan fingerprint density at radius 3 is 2.74 bits per heavy atom. The third kappa shape index (κ3) is 2.83. The quantitative estimate of drug-likeness (QED) is 0.894. The Morgan fingerprint density at radius 1 is 1.16 bits per heavy atom. The van der Waals surface area contributed by atoms with Crippen LogP contribution in [0.2, 0.25) is 0 Å². The van der Waals surface area contributed by atoms with Gasteiger partial charge in [0.15, 0.2) is 0 Å². The molecule has 3 rings (SSSR count). The van der Waals surface area contributed by atoms with Gasteiger partial charge in [-0.2, -0.15) is 0 Å². The highest BCUT2D eigenvalue weighted by molar-refractivity contribution is 5.74. The molecule has 0 saturated heterocycles. The molecular weight excluding hydrogens is 236 g/mol. The van der Waals surface area contributed by atoms with Crippen LogP contribution in [0.5, 0.6) is 0 Å². The van der Waals surface area contributed by atoms with Crippen molar-refractivity contribution in [2.75, 3.05) is 5.32 Å². The Hall–Kier alpha value is -1.71. The fourth-order valence-corrected chi connectivity index (χ4v) is 2.95. The molecule has 1 atom stereocenters. The monoisotopic (exact) mass is 256 g/mol. The van der Waals surface area contributed by atoms with Gasteiger partial charge >= 0.3 is 0 Å². The van der Waals surface area contributed by atoms with E-state index in [0.717, 1.165) is 11.0 Å². The average Bonchev–Trinajstić information content (AvgIpc) is 2.37. The number of aromatic nitrogens is 3. The Bertz CT molecular complexity index is 579. The Kier molecular flexibility index (Phi) is 3.09. The lowest BCUT2D eigenvalue weighted by Crippen LogP contribution is -2.32. The number of para-hydroxylation sites is 1. The number of rotatable bonds is 2. The van der Waals surface area contributed by atoms with Crippen LogP contribution >= 0.6 is 0 Å². The number of hydrogen-bond donors (Lipinski definition) is 1. The highest BCUT2D eigenvalue weighted by atomic mass is 15.2. The van der Waals surface area contributed by atoms with Crippen LogP contribution < -0.4 is 5.32 Å². The van der Waals surface area contributed by atoms with E-state index in [9.17, 15) is 0 Å². The molecule has 1 unspecified atom stereocenters. The van der Waals surface area contributed by atoms with Gasteiger partial charge in [0.05, 0.1) is 5.52 Å². The third-order valence-corrected chi connectivity index (χ3v) is 3.90. The minimum Gasteiger partial charge on any atom is -0.350 e. The van der Waals surface area contributed by atoms with Crippen molar-refractivity contribution in [2.24, 2.45) is 5.41 Å². The SMILES string of the molecule is CC1(C)CCCC(Nc2nnc3ccccc3n2)C1. The molecule has 0 aliphatic heterocycles. The second kappa shape index (κ2) is 4.76. The van der Waals surface area contributed by atoms with E-state index in [2.05, 4.69) is 34.3 Å². The van der Waals surface area contributed by atoms with Crippen LogP contribution in [0.1, 0.15) is 39.5 Å². The summed E-state index contributed by atoms with van der Waals surface area (Å²) in [5, 5.41) is 11.8. The van der Waals surface area contributed by atoms with Gasteiger partial charge < -0.3 is 5.32 Å². The summed E-state index contributed by atoms with van der Waals surface area (Å²) in [6, 6.07) is 8.30. The van der Waals surface area contributed by atoms with E-state index in [1.54, 1.807) is 0 Å². The zero-order valence-electron chi connectivity index (χ0n) is 11.6. The van der Waals surface area contributed by atoms with Crippen LogP contribution in [-0.2, 0) is 0 Å². The molecular formula is C15H20N4. The molecule has 1 aromatic carbocycles. The van der Waals surface area contributed by atoms with E-state index >= 15 is 0 Å². The third-order valence-electron chi connectivity index (χ3n) is 3.90. The van der Waals surface area contributed by atoms with E-state index < -0.39 is 0 Å². The molecule has 1 aliphatic carbocycles. The molecule has 100 valence electrons. The van der Waals surface area contributed by atoms with Crippen molar-refractivity contribution in [2.45, 2.75) is 45.6 Å². The number of benzene rings is 1. The second-order valence-corrected chi connectivity index (χ2v) is 6.23. The number of anilines is 1. The van der Waals surface area contributed by atoms with E-state index in [1.165, 1.54) is 25.7 Å². The van der Waals surface area contributed by atoms with Crippen molar-refractivity contribution in [3.05, 3.63) is 24.3 Å². The molecule has 0 amide bonds. The highest BCUT2D eigenvalue weighted by Crippen LogP contribution is 2.35. The molecule has 1 fully saturated rings. The van der Waals surface area contributed by atoms with E-state index in [-0.39, 0.29) is 0 Å². The number of nitrogens with zero attached hydrogens (tertiary/aromatic N) is 3. The lowest BCUT2D eigenvalue weighted by Gasteiger charge is -2.35. The summed E-state index contributed by atoms with van der Waals surface area (Å²) in [5.74, 6) is 0.654. The van der Waals surface area contributed by atoms with Crippen molar-refractivity contribution in [3.63, 3.8) is 0 Å². The van der Waals surface area contributed by atoms with Crippen LogP contribution in [-0.4, -0.2) is 21.2 Å². The summed E-state index contributed by atoms with van der Waals surface area (Å²) in [6.07, 6.45) is 4.94. The number of fused-ring (bicyclic) bond motifs is 1. The Labute approximate surface area is 113 Å². The van der Waals surface area contributed by atoms with Crippen molar-refractivity contribution < 1.29 is 0 Å². The van der Waals surface area contributed by atoms with Crippen LogP contribution in [0.15, 0.2) is 24.3 Å². The Morgan fingerprint density at radius 2 is 1.95 bits per heavy atom. The van der Waals surface area contributed by atoms with Gasteiger partial charge in [-0.15, -0.1) is 10.2 Å². The molecule has 4 nitrogen and oxygen atoms in total. The van der Waals surface area contributed by atoms with Crippen molar-refractivity contribution in [1.82, 2.24) is 15.2 Å². The van der Waals surface area contributed by atoms with Crippen LogP contribution in [0, 0.1) is 5.41 Å². The zero-order chi connectivity index (χ0) is 13.3. The first kappa shape index (κ1) is 12.3. The minimum absolute atomic E-state index is 0.417. The maximum Gasteiger partial charge on any atom is 0.243 e. The van der Waals surface area contributed by atoms with Gasteiger partial charge in [-0.25, -0.2) is 4.98 Å². The van der Waals surface area contributed by atoms with Gasteiger partial charge in [0.1, 0.15) is 5.52 Å². The second-order valence-electron chi connectivity index (χ2n) is 6.23. The van der Waals surface area contributed by atoms with Crippen molar-refractivity contribution in [1.29, 1.82) is 0 Å². The summed E-state index contributed by atoms with van der Waals surface area (Å²) in [7, 11) is 0. The van der Waals surface area contributed by atoms with Gasteiger partial charge in [0.25, 0.3) is 0 Å². The minimum atomic E-state index is 0.417. The maximum absolute atomic E-state index is 4.53. The standard InChI is InChI=1S/C15H20N4/c1-15(2)9-5-6-11(10-15)16-14-17-12-7-3-4-8-13(12)18-19-14/h3-4,7-8,11H,5-6,9-10H2,1-2H3,(H,16,17,19). The van der Waals surface area contributed by atoms with Gasteiger partial charge in [0, 0.05) is 6.04 Å². The average molecular weight is 256 g/mol. The van der Waals surface area contributed by atoms with E-state index in [0.29, 0.717) is 17.4 Å². The normalized spacial score (nSPS) is 22.3. The molecule has 1 N–H and O–H groups in total. The van der Waals surface area contributed by atoms with Gasteiger partial charge in [0.2, 0.25) is 5.95 Å². The lowest BCUT2D eigenvalue weighted by molar-refractivity contribution is 0.229. The molecule has 0 spiro atoms. The molecule has 2 aromatic rings. The number of hydrogen-bond acceptors (Lipinski definition) is 4. The first-order valence-corrected chi connectivity index (χ1v) is 6.98. The largest absolute Gasteiger partial charge is 0.350 e. The zero-order valence-corrected chi connectivity index (χ0v) is 11.6. The molecule has 1 heterocycles. The molecule has 0 radical (unpaired) electrons. The lowest BCUT2D eigenvalue weighted by atomic mass is 9.75. The van der Waals surface area contributed by atoms with Crippen molar-refractivity contribution >= 4 is 17.0 Å². The van der Waals surface area contributed by atoms with E-state index in [1.807, 2.05) is 24.3 Å². The molecule has 1 aromatic heterocycles. The Balaban J connectivity index is 1.77. The van der Waals surface area contributed by atoms with Crippen LogP contribution in [0.4, 0.5) is 5.95 Å².